The van der Waals surface area contributed by atoms with Crippen LogP contribution >= 0.6 is 22.9 Å². The molecule has 0 fully saturated rings. The van der Waals surface area contributed by atoms with Crippen molar-refractivity contribution in [3.05, 3.63) is 63.0 Å². The Balaban J connectivity index is 2.17. The van der Waals surface area contributed by atoms with E-state index in [1.807, 2.05) is 46.3 Å². The fourth-order valence-electron chi connectivity index (χ4n) is 1.89. The molecular formula is C13H9ClN2OS. The number of hydrogen-bond donors (Lipinski definition) is 0. The van der Waals surface area contributed by atoms with Gasteiger partial charge in [-0.3, -0.25) is 4.79 Å². The SMILES string of the molecule is O=c1nc(Cl)n(Cc2ccccc2)c2ccsc12. The number of benzene rings is 1. The molecule has 0 saturated heterocycles. The minimum atomic E-state index is -0.255. The highest BCUT2D eigenvalue weighted by atomic mass is 35.5. The molecule has 2 heterocycles. The normalized spacial score (nSPS) is 10.9. The van der Waals surface area contributed by atoms with Gasteiger partial charge in [-0.05, 0) is 28.6 Å². The van der Waals surface area contributed by atoms with Gasteiger partial charge in [0.05, 0.1) is 12.1 Å². The molecule has 0 unspecified atom stereocenters. The van der Waals surface area contributed by atoms with Gasteiger partial charge in [-0.2, -0.15) is 4.98 Å². The van der Waals surface area contributed by atoms with Crippen molar-refractivity contribution in [3.8, 4) is 0 Å². The smallest absolute Gasteiger partial charge is 0.291 e. The maximum absolute atomic E-state index is 11.7. The van der Waals surface area contributed by atoms with E-state index in [2.05, 4.69) is 4.98 Å². The number of rotatable bonds is 2. The van der Waals surface area contributed by atoms with E-state index >= 15 is 0 Å². The van der Waals surface area contributed by atoms with Crippen molar-refractivity contribution in [2.75, 3.05) is 0 Å². The second-order valence-corrected chi connectivity index (χ2v) is 5.15. The number of nitrogens with zero attached hydrogens (tertiary/aromatic N) is 2. The van der Waals surface area contributed by atoms with Gasteiger partial charge >= 0.3 is 0 Å². The molecule has 18 heavy (non-hydrogen) atoms. The Hall–Kier alpha value is -1.65. The number of fused-ring (bicyclic) bond motifs is 1. The first-order chi connectivity index (χ1) is 8.75. The zero-order valence-electron chi connectivity index (χ0n) is 9.34. The third kappa shape index (κ3) is 1.94. The Bertz CT molecular complexity index is 749. The average molecular weight is 277 g/mol. The van der Waals surface area contributed by atoms with E-state index < -0.39 is 0 Å². The van der Waals surface area contributed by atoms with E-state index in [0.29, 0.717) is 11.2 Å². The molecule has 0 bridgehead atoms. The molecule has 3 aromatic rings. The van der Waals surface area contributed by atoms with E-state index in [0.717, 1.165) is 11.1 Å². The number of halogens is 1. The summed E-state index contributed by atoms with van der Waals surface area (Å²) in [5, 5.41) is 2.11. The van der Waals surface area contributed by atoms with Crippen LogP contribution in [0, 0.1) is 0 Å². The quantitative estimate of drug-likeness (QED) is 0.674. The van der Waals surface area contributed by atoms with Crippen LogP contribution < -0.4 is 5.56 Å². The first-order valence-corrected chi connectivity index (χ1v) is 6.69. The van der Waals surface area contributed by atoms with Crippen molar-refractivity contribution in [3.63, 3.8) is 0 Å². The number of hydrogen-bond acceptors (Lipinski definition) is 3. The molecule has 0 saturated carbocycles. The highest BCUT2D eigenvalue weighted by molar-refractivity contribution is 7.17. The van der Waals surface area contributed by atoms with Crippen molar-refractivity contribution < 1.29 is 0 Å². The summed E-state index contributed by atoms with van der Waals surface area (Å²) in [6.45, 7) is 0.611. The predicted octanol–water partition coefficient (Wildman–Crippen LogP) is 3.16. The zero-order valence-corrected chi connectivity index (χ0v) is 10.9. The monoisotopic (exact) mass is 276 g/mol. The molecule has 0 aliphatic carbocycles. The molecule has 3 rings (SSSR count). The Morgan fingerprint density at radius 2 is 2.00 bits per heavy atom. The minimum absolute atomic E-state index is 0.231. The molecule has 0 N–H and O–H groups in total. The van der Waals surface area contributed by atoms with Crippen LogP contribution in [0.25, 0.3) is 10.2 Å². The summed E-state index contributed by atoms with van der Waals surface area (Å²) in [7, 11) is 0. The summed E-state index contributed by atoms with van der Waals surface area (Å²) in [4.78, 5) is 15.5. The van der Waals surface area contributed by atoms with Gasteiger partial charge in [-0.25, -0.2) is 0 Å². The van der Waals surface area contributed by atoms with E-state index in [1.165, 1.54) is 11.3 Å². The highest BCUT2D eigenvalue weighted by Gasteiger charge is 2.10. The van der Waals surface area contributed by atoms with Crippen LogP contribution in [0.1, 0.15) is 5.56 Å². The van der Waals surface area contributed by atoms with Crippen LogP contribution in [0.3, 0.4) is 0 Å². The van der Waals surface area contributed by atoms with Crippen LogP contribution in [0.2, 0.25) is 5.28 Å². The second kappa shape index (κ2) is 4.55. The molecule has 3 nitrogen and oxygen atoms in total. The van der Waals surface area contributed by atoms with Gasteiger partial charge in [0.2, 0.25) is 5.28 Å². The molecule has 0 aliphatic rings. The van der Waals surface area contributed by atoms with Crippen molar-refractivity contribution in [1.29, 1.82) is 0 Å². The highest BCUT2D eigenvalue weighted by Crippen LogP contribution is 2.20. The van der Waals surface area contributed by atoms with Crippen LogP contribution in [-0.2, 0) is 6.54 Å². The fourth-order valence-corrected chi connectivity index (χ4v) is 2.89. The van der Waals surface area contributed by atoms with E-state index in [9.17, 15) is 4.79 Å². The van der Waals surface area contributed by atoms with Crippen molar-refractivity contribution in [2.45, 2.75) is 6.54 Å². The summed E-state index contributed by atoms with van der Waals surface area (Å²) in [5.41, 5.74) is 1.71. The minimum Gasteiger partial charge on any atom is -0.311 e. The molecule has 2 aromatic heterocycles. The van der Waals surface area contributed by atoms with Crippen molar-refractivity contribution in [1.82, 2.24) is 9.55 Å². The summed E-state index contributed by atoms with van der Waals surface area (Å²) in [6, 6.07) is 11.9. The Morgan fingerprint density at radius 3 is 2.78 bits per heavy atom. The lowest BCUT2D eigenvalue weighted by molar-refractivity contribution is 0.801. The molecule has 0 radical (unpaired) electrons. The first-order valence-electron chi connectivity index (χ1n) is 5.43. The standard InChI is InChI=1S/C13H9ClN2OS/c14-13-15-12(17)11-10(6-7-18-11)16(13)8-9-4-2-1-3-5-9/h1-7H,8H2. The number of thiophene rings is 1. The van der Waals surface area contributed by atoms with Gasteiger partial charge in [0, 0.05) is 0 Å². The Kier molecular flexibility index (Phi) is 2.89. The van der Waals surface area contributed by atoms with Crippen LogP contribution in [0.4, 0.5) is 0 Å². The van der Waals surface area contributed by atoms with Gasteiger partial charge in [-0.1, -0.05) is 30.3 Å². The van der Waals surface area contributed by atoms with Crippen molar-refractivity contribution >= 4 is 33.2 Å². The third-order valence-electron chi connectivity index (χ3n) is 2.73. The lowest BCUT2D eigenvalue weighted by Crippen LogP contribution is -2.13. The first kappa shape index (κ1) is 11.4. The lowest BCUT2D eigenvalue weighted by Gasteiger charge is -2.09. The van der Waals surface area contributed by atoms with E-state index in [1.54, 1.807) is 0 Å². The maximum Gasteiger partial charge on any atom is 0.291 e. The molecular weight excluding hydrogens is 268 g/mol. The Labute approximate surface area is 112 Å². The second-order valence-electron chi connectivity index (χ2n) is 3.89. The van der Waals surface area contributed by atoms with Gasteiger partial charge in [-0.15, -0.1) is 11.3 Å². The molecule has 0 atom stereocenters. The van der Waals surface area contributed by atoms with Crippen molar-refractivity contribution in [2.24, 2.45) is 0 Å². The molecule has 90 valence electrons. The summed E-state index contributed by atoms with van der Waals surface area (Å²) >= 11 is 7.46. The Morgan fingerprint density at radius 1 is 1.22 bits per heavy atom. The maximum atomic E-state index is 11.7. The van der Waals surface area contributed by atoms with Crippen LogP contribution in [-0.4, -0.2) is 9.55 Å². The van der Waals surface area contributed by atoms with Gasteiger partial charge < -0.3 is 4.57 Å². The molecule has 0 aliphatic heterocycles. The topological polar surface area (TPSA) is 34.9 Å². The summed E-state index contributed by atoms with van der Waals surface area (Å²) < 4.78 is 2.50. The summed E-state index contributed by atoms with van der Waals surface area (Å²) in [5.74, 6) is 0. The van der Waals surface area contributed by atoms with Crippen LogP contribution in [0.5, 0.6) is 0 Å². The zero-order chi connectivity index (χ0) is 12.5. The molecule has 5 heteroatoms. The largest absolute Gasteiger partial charge is 0.311 e. The van der Waals surface area contributed by atoms with Gasteiger partial charge in [0.25, 0.3) is 5.56 Å². The predicted molar refractivity (Wildman–Crippen MR) is 74.4 cm³/mol. The number of aromatic nitrogens is 2. The van der Waals surface area contributed by atoms with Gasteiger partial charge in [0.1, 0.15) is 4.70 Å². The van der Waals surface area contributed by atoms with E-state index in [-0.39, 0.29) is 10.8 Å². The molecule has 1 aromatic carbocycles. The fraction of sp³-hybridized carbons (Fsp3) is 0.0769. The van der Waals surface area contributed by atoms with Gasteiger partial charge in [0.15, 0.2) is 0 Å². The molecule has 0 spiro atoms. The van der Waals surface area contributed by atoms with Crippen LogP contribution in [0.15, 0.2) is 46.6 Å². The molecule has 0 amide bonds. The lowest BCUT2D eigenvalue weighted by atomic mass is 10.2. The summed E-state index contributed by atoms with van der Waals surface area (Å²) in [6.07, 6.45) is 0. The van der Waals surface area contributed by atoms with E-state index in [4.69, 9.17) is 11.6 Å². The average Bonchev–Trinajstić information content (AvgIpc) is 2.85. The third-order valence-corrected chi connectivity index (χ3v) is 3.91.